The Hall–Kier alpha value is -2.40. The van der Waals surface area contributed by atoms with Crippen molar-refractivity contribution in [3.63, 3.8) is 0 Å². The Morgan fingerprint density at radius 3 is 2.54 bits per heavy atom. The second-order valence-electron chi connectivity index (χ2n) is 6.79. The lowest BCUT2D eigenvalue weighted by molar-refractivity contribution is 0.0486. The third kappa shape index (κ3) is 3.88. The van der Waals surface area contributed by atoms with E-state index < -0.39 is 0 Å². The zero-order chi connectivity index (χ0) is 18.6. The summed E-state index contributed by atoms with van der Waals surface area (Å²) in [4.78, 5) is 12.6. The number of benzene rings is 2. The van der Waals surface area contributed by atoms with E-state index in [2.05, 4.69) is 5.32 Å². The van der Waals surface area contributed by atoms with Crippen LogP contribution in [0.1, 0.15) is 41.3 Å². The van der Waals surface area contributed by atoms with Gasteiger partial charge >= 0.3 is 0 Å². The number of aromatic hydroxyl groups is 1. The molecule has 26 heavy (non-hydrogen) atoms. The molecule has 1 aliphatic rings. The van der Waals surface area contributed by atoms with Crippen LogP contribution in [0.5, 0.6) is 5.75 Å². The highest BCUT2D eigenvalue weighted by molar-refractivity contribution is 5.97. The molecule has 1 fully saturated rings. The monoisotopic (exact) mass is 357 g/mol. The number of carbonyl (C=O) groups is 1. The predicted molar refractivity (Wildman–Crippen MR) is 97.9 cm³/mol. The van der Waals surface area contributed by atoms with Gasteiger partial charge < -0.3 is 15.2 Å². The first-order valence-electron chi connectivity index (χ1n) is 8.98. The van der Waals surface area contributed by atoms with Gasteiger partial charge in [0, 0.05) is 25.2 Å². The van der Waals surface area contributed by atoms with E-state index in [1.165, 1.54) is 12.1 Å². The van der Waals surface area contributed by atoms with Crippen LogP contribution in [0.25, 0.3) is 0 Å². The van der Waals surface area contributed by atoms with Crippen molar-refractivity contribution in [1.29, 1.82) is 0 Å². The largest absolute Gasteiger partial charge is 0.507 e. The van der Waals surface area contributed by atoms with Crippen molar-refractivity contribution in [2.24, 2.45) is 0 Å². The van der Waals surface area contributed by atoms with E-state index >= 15 is 0 Å². The van der Waals surface area contributed by atoms with E-state index in [1.807, 2.05) is 13.0 Å². The van der Waals surface area contributed by atoms with Gasteiger partial charge in [-0.15, -0.1) is 0 Å². The van der Waals surface area contributed by atoms with Gasteiger partial charge in [0.15, 0.2) is 0 Å². The first-order valence-corrected chi connectivity index (χ1v) is 8.98. The van der Waals surface area contributed by atoms with Crippen molar-refractivity contribution in [3.05, 3.63) is 65.0 Å². The molecule has 0 aliphatic carbocycles. The zero-order valence-corrected chi connectivity index (χ0v) is 14.9. The maximum Gasteiger partial charge on any atom is 0.255 e. The van der Waals surface area contributed by atoms with Gasteiger partial charge in [0.2, 0.25) is 0 Å². The molecular weight excluding hydrogens is 333 g/mol. The molecule has 0 saturated carbocycles. The first kappa shape index (κ1) is 18.4. The molecule has 138 valence electrons. The number of hydrogen-bond acceptors (Lipinski definition) is 3. The topological polar surface area (TPSA) is 58.6 Å². The van der Waals surface area contributed by atoms with Crippen LogP contribution in [0.4, 0.5) is 4.39 Å². The predicted octanol–water partition coefficient (Wildman–Crippen LogP) is 3.57. The minimum absolute atomic E-state index is 0.0255. The number of carbonyl (C=O) groups excluding carboxylic acids is 1. The molecule has 2 aromatic carbocycles. The van der Waals surface area contributed by atoms with Crippen LogP contribution in [0.15, 0.2) is 42.5 Å². The lowest BCUT2D eigenvalue weighted by Gasteiger charge is -2.38. The molecule has 1 aliphatic heterocycles. The summed E-state index contributed by atoms with van der Waals surface area (Å²) in [5.41, 5.74) is 1.98. The summed E-state index contributed by atoms with van der Waals surface area (Å²) in [6.07, 6.45) is 2.29. The zero-order valence-electron chi connectivity index (χ0n) is 14.9. The highest BCUT2D eigenvalue weighted by Crippen LogP contribution is 2.34. The van der Waals surface area contributed by atoms with Crippen LogP contribution in [0.3, 0.4) is 0 Å². The fourth-order valence-electron chi connectivity index (χ4n) is 3.46. The summed E-state index contributed by atoms with van der Waals surface area (Å²) in [7, 11) is 0. The van der Waals surface area contributed by atoms with Crippen LogP contribution in [-0.4, -0.2) is 30.8 Å². The Morgan fingerprint density at radius 1 is 1.19 bits per heavy atom. The van der Waals surface area contributed by atoms with E-state index in [-0.39, 0.29) is 28.5 Å². The third-order valence-electron chi connectivity index (χ3n) is 5.21. The van der Waals surface area contributed by atoms with Gasteiger partial charge in [-0.2, -0.15) is 0 Å². The second kappa shape index (κ2) is 7.87. The summed E-state index contributed by atoms with van der Waals surface area (Å²) in [6, 6.07) is 11.5. The van der Waals surface area contributed by atoms with E-state index in [0.29, 0.717) is 19.8 Å². The standard InChI is InChI=1S/C21H24FNO3/c1-2-15-3-8-19(24)18(13-15)20(25)23-14-21(9-11-26-12-10-21)16-4-6-17(22)7-5-16/h3-8,13,24H,2,9-12,14H2,1H3,(H,23,25). The van der Waals surface area contributed by atoms with Gasteiger partial charge in [-0.25, -0.2) is 4.39 Å². The van der Waals surface area contributed by atoms with Crippen LogP contribution in [0, 0.1) is 5.82 Å². The number of hydrogen-bond donors (Lipinski definition) is 2. The van der Waals surface area contributed by atoms with Crippen LogP contribution in [0.2, 0.25) is 0 Å². The molecule has 2 N–H and O–H groups in total. The Kier molecular flexibility index (Phi) is 5.57. The van der Waals surface area contributed by atoms with E-state index in [1.54, 1.807) is 24.3 Å². The fourth-order valence-corrected chi connectivity index (χ4v) is 3.46. The third-order valence-corrected chi connectivity index (χ3v) is 5.21. The molecule has 0 aromatic heterocycles. The molecule has 3 rings (SSSR count). The van der Waals surface area contributed by atoms with Crippen LogP contribution < -0.4 is 5.32 Å². The van der Waals surface area contributed by atoms with E-state index in [4.69, 9.17) is 4.74 Å². The van der Waals surface area contributed by atoms with Crippen molar-refractivity contribution in [2.45, 2.75) is 31.6 Å². The summed E-state index contributed by atoms with van der Waals surface area (Å²) in [5.74, 6) is -0.602. The van der Waals surface area contributed by atoms with Gasteiger partial charge in [-0.05, 0) is 54.7 Å². The molecule has 4 nitrogen and oxygen atoms in total. The van der Waals surface area contributed by atoms with Crippen molar-refractivity contribution >= 4 is 5.91 Å². The van der Waals surface area contributed by atoms with Gasteiger partial charge in [-0.1, -0.05) is 25.1 Å². The maximum absolute atomic E-state index is 13.3. The number of phenolic OH excluding ortho intramolecular Hbond substituents is 1. The maximum atomic E-state index is 13.3. The van der Waals surface area contributed by atoms with Gasteiger partial charge in [-0.3, -0.25) is 4.79 Å². The molecule has 1 amide bonds. The van der Waals surface area contributed by atoms with Crippen molar-refractivity contribution in [2.75, 3.05) is 19.8 Å². The highest BCUT2D eigenvalue weighted by Gasteiger charge is 2.35. The number of aryl methyl sites for hydroxylation is 1. The Bertz CT molecular complexity index is 767. The van der Waals surface area contributed by atoms with Crippen LogP contribution in [-0.2, 0) is 16.6 Å². The summed E-state index contributed by atoms with van der Waals surface area (Å²) < 4.78 is 18.8. The molecule has 1 saturated heterocycles. The molecule has 5 heteroatoms. The summed E-state index contributed by atoms with van der Waals surface area (Å²) in [6.45, 7) is 3.61. The first-order chi connectivity index (χ1) is 12.5. The lowest BCUT2D eigenvalue weighted by atomic mass is 9.74. The fraction of sp³-hybridized carbons (Fsp3) is 0.381. The lowest BCUT2D eigenvalue weighted by Crippen LogP contribution is -2.44. The number of phenols is 1. The Labute approximate surface area is 153 Å². The molecule has 0 atom stereocenters. The number of nitrogens with one attached hydrogen (secondary N) is 1. The average molecular weight is 357 g/mol. The van der Waals surface area contributed by atoms with E-state index in [0.717, 1.165) is 30.4 Å². The van der Waals surface area contributed by atoms with Crippen LogP contribution >= 0.6 is 0 Å². The second-order valence-corrected chi connectivity index (χ2v) is 6.79. The molecule has 1 heterocycles. The van der Waals surface area contributed by atoms with Gasteiger partial charge in [0.1, 0.15) is 11.6 Å². The minimum Gasteiger partial charge on any atom is -0.507 e. The quantitative estimate of drug-likeness (QED) is 0.860. The number of amides is 1. The molecule has 0 spiro atoms. The average Bonchev–Trinajstić information content (AvgIpc) is 2.68. The number of ether oxygens (including phenoxy) is 1. The Balaban J connectivity index is 1.80. The molecule has 2 aromatic rings. The molecule has 0 radical (unpaired) electrons. The normalized spacial score (nSPS) is 16.2. The number of rotatable bonds is 5. The highest BCUT2D eigenvalue weighted by atomic mass is 19.1. The van der Waals surface area contributed by atoms with Crippen molar-refractivity contribution < 1.29 is 19.0 Å². The minimum atomic E-state index is -0.300. The summed E-state index contributed by atoms with van der Waals surface area (Å²) in [5, 5.41) is 13.0. The van der Waals surface area contributed by atoms with Gasteiger partial charge in [0.25, 0.3) is 5.91 Å². The Morgan fingerprint density at radius 2 is 1.88 bits per heavy atom. The molecule has 0 bridgehead atoms. The molecular formula is C21H24FNO3. The smallest absolute Gasteiger partial charge is 0.255 e. The SMILES string of the molecule is CCc1ccc(O)c(C(=O)NCC2(c3ccc(F)cc3)CCOCC2)c1. The van der Waals surface area contributed by atoms with Crippen molar-refractivity contribution in [1.82, 2.24) is 5.32 Å². The van der Waals surface area contributed by atoms with E-state index in [9.17, 15) is 14.3 Å². The summed E-state index contributed by atoms with van der Waals surface area (Å²) >= 11 is 0. The molecule has 0 unspecified atom stereocenters. The van der Waals surface area contributed by atoms with Crippen molar-refractivity contribution in [3.8, 4) is 5.75 Å². The number of halogens is 1. The van der Waals surface area contributed by atoms with Gasteiger partial charge in [0.05, 0.1) is 5.56 Å².